The van der Waals surface area contributed by atoms with Crippen molar-refractivity contribution in [3.05, 3.63) is 21.9 Å². The van der Waals surface area contributed by atoms with Gasteiger partial charge in [-0.2, -0.15) is 0 Å². The van der Waals surface area contributed by atoms with E-state index < -0.39 is 10.8 Å². The van der Waals surface area contributed by atoms with Crippen LogP contribution in [0.3, 0.4) is 0 Å². The molecule has 0 spiro atoms. The molecule has 5 heteroatoms. The quantitative estimate of drug-likeness (QED) is 0.780. The molecule has 0 unspecified atom stereocenters. The Balaban J connectivity index is 1.90. The first kappa shape index (κ1) is 12.9. The van der Waals surface area contributed by atoms with Crippen molar-refractivity contribution < 1.29 is 9.00 Å². The molecule has 3 nitrogen and oxygen atoms in total. The van der Waals surface area contributed by atoms with Crippen molar-refractivity contribution in [2.75, 3.05) is 31.1 Å². The Labute approximate surface area is 108 Å². The summed E-state index contributed by atoms with van der Waals surface area (Å²) in [5.74, 6) is 1.61. The minimum atomic E-state index is -0.668. The van der Waals surface area contributed by atoms with Gasteiger partial charge in [0.05, 0.1) is 11.4 Å². The summed E-state index contributed by atoms with van der Waals surface area (Å²) in [5, 5.41) is 0. The Morgan fingerprint density at radius 3 is 2.71 bits per heavy atom. The lowest BCUT2D eigenvalue weighted by molar-refractivity contribution is 0.0940. The summed E-state index contributed by atoms with van der Waals surface area (Å²) in [4.78, 5) is 16.2. The lowest BCUT2D eigenvalue weighted by Gasteiger charge is -2.24. The number of Topliss-reactive ketones (excluding diaryl/α,β-unsaturated/α-hetero) is 1. The highest BCUT2D eigenvalue weighted by Gasteiger charge is 2.19. The first-order valence-corrected chi connectivity index (χ1v) is 8.18. The lowest BCUT2D eigenvalue weighted by atomic mass is 10.3. The van der Waals surface area contributed by atoms with Gasteiger partial charge in [0.25, 0.3) is 0 Å². The molecule has 0 aliphatic carbocycles. The first-order valence-electron chi connectivity index (χ1n) is 5.88. The van der Waals surface area contributed by atoms with Crippen LogP contribution in [0.1, 0.15) is 21.5 Å². The summed E-state index contributed by atoms with van der Waals surface area (Å²) < 4.78 is 11.2. The van der Waals surface area contributed by atoms with E-state index in [1.165, 1.54) is 4.88 Å². The molecule has 0 atom stereocenters. The van der Waals surface area contributed by atoms with E-state index in [4.69, 9.17) is 0 Å². The molecule has 17 heavy (non-hydrogen) atoms. The predicted molar refractivity (Wildman–Crippen MR) is 72.3 cm³/mol. The van der Waals surface area contributed by atoms with E-state index in [1.807, 2.05) is 12.1 Å². The average molecular weight is 271 g/mol. The van der Waals surface area contributed by atoms with E-state index in [0.29, 0.717) is 18.1 Å². The maximum absolute atomic E-state index is 12.0. The molecule has 2 heterocycles. The van der Waals surface area contributed by atoms with Gasteiger partial charge in [-0.3, -0.25) is 13.9 Å². The molecular formula is C12H17NO2S2. The summed E-state index contributed by atoms with van der Waals surface area (Å²) >= 11 is 1.59. The fraction of sp³-hybridized carbons (Fsp3) is 0.583. The zero-order chi connectivity index (χ0) is 12.3. The average Bonchev–Trinajstić information content (AvgIpc) is 2.81. The number of hydrogen-bond acceptors (Lipinski definition) is 4. The van der Waals surface area contributed by atoms with Gasteiger partial charge < -0.3 is 0 Å². The summed E-state index contributed by atoms with van der Waals surface area (Å²) in [7, 11) is -0.668. The molecule has 1 aliphatic rings. The maximum Gasteiger partial charge on any atom is 0.186 e. The molecule has 1 aliphatic heterocycles. The van der Waals surface area contributed by atoms with Crippen molar-refractivity contribution in [2.24, 2.45) is 0 Å². The van der Waals surface area contributed by atoms with Crippen LogP contribution in [0.15, 0.2) is 12.1 Å². The highest BCUT2D eigenvalue weighted by Crippen LogP contribution is 2.18. The van der Waals surface area contributed by atoms with Gasteiger partial charge in [0.1, 0.15) is 0 Å². The molecule has 1 aromatic heterocycles. The number of hydrogen-bond donors (Lipinski definition) is 0. The van der Waals surface area contributed by atoms with Crippen molar-refractivity contribution in [3.63, 3.8) is 0 Å². The van der Waals surface area contributed by atoms with Crippen molar-refractivity contribution in [3.8, 4) is 0 Å². The summed E-state index contributed by atoms with van der Waals surface area (Å²) in [6.45, 7) is 4.13. The smallest absolute Gasteiger partial charge is 0.186 e. The van der Waals surface area contributed by atoms with Gasteiger partial charge in [-0.1, -0.05) is 6.92 Å². The first-order chi connectivity index (χ1) is 8.19. The highest BCUT2D eigenvalue weighted by molar-refractivity contribution is 7.85. The third kappa shape index (κ3) is 3.47. The van der Waals surface area contributed by atoms with Crippen LogP contribution in [0.5, 0.6) is 0 Å². The van der Waals surface area contributed by atoms with Crippen molar-refractivity contribution >= 4 is 27.9 Å². The van der Waals surface area contributed by atoms with Gasteiger partial charge in [0.15, 0.2) is 5.78 Å². The highest BCUT2D eigenvalue weighted by atomic mass is 32.2. The molecule has 1 saturated heterocycles. The molecule has 0 radical (unpaired) electrons. The Hall–Kier alpha value is -0.520. The van der Waals surface area contributed by atoms with Gasteiger partial charge in [0.2, 0.25) is 0 Å². The topological polar surface area (TPSA) is 37.4 Å². The second-order valence-corrected chi connectivity index (χ2v) is 7.03. The SMILES string of the molecule is CCc1ccc(C(=O)CN2CCS(=O)CC2)s1. The molecule has 0 bridgehead atoms. The summed E-state index contributed by atoms with van der Waals surface area (Å²) in [6.07, 6.45) is 0.987. The van der Waals surface area contributed by atoms with Gasteiger partial charge in [0, 0.05) is 40.3 Å². The Morgan fingerprint density at radius 1 is 1.41 bits per heavy atom. The van der Waals surface area contributed by atoms with Crippen LogP contribution in [-0.2, 0) is 17.2 Å². The fourth-order valence-corrected chi connectivity index (χ4v) is 3.84. The molecule has 0 saturated carbocycles. The van der Waals surface area contributed by atoms with Crippen molar-refractivity contribution in [2.45, 2.75) is 13.3 Å². The maximum atomic E-state index is 12.0. The van der Waals surface area contributed by atoms with Crippen LogP contribution < -0.4 is 0 Å². The van der Waals surface area contributed by atoms with Gasteiger partial charge >= 0.3 is 0 Å². The van der Waals surface area contributed by atoms with Crippen LogP contribution in [0.2, 0.25) is 0 Å². The second-order valence-electron chi connectivity index (χ2n) is 4.17. The van der Waals surface area contributed by atoms with Crippen LogP contribution in [-0.4, -0.2) is 46.0 Å². The van der Waals surface area contributed by atoms with Crippen LogP contribution in [0, 0.1) is 0 Å². The minimum Gasteiger partial charge on any atom is -0.294 e. The van der Waals surface area contributed by atoms with E-state index in [2.05, 4.69) is 11.8 Å². The Kier molecular flexibility index (Phi) is 4.48. The minimum absolute atomic E-state index is 0.197. The zero-order valence-electron chi connectivity index (χ0n) is 9.98. The summed E-state index contributed by atoms with van der Waals surface area (Å²) in [6, 6.07) is 3.96. The number of thiophene rings is 1. The lowest BCUT2D eigenvalue weighted by Crippen LogP contribution is -2.40. The van der Waals surface area contributed by atoms with Crippen LogP contribution in [0.25, 0.3) is 0 Å². The van der Waals surface area contributed by atoms with E-state index in [-0.39, 0.29) is 5.78 Å². The third-order valence-corrected chi connectivity index (χ3v) is 5.47. The van der Waals surface area contributed by atoms with E-state index in [0.717, 1.165) is 24.4 Å². The van der Waals surface area contributed by atoms with Gasteiger partial charge in [-0.15, -0.1) is 11.3 Å². The molecule has 94 valence electrons. The molecule has 0 N–H and O–H groups in total. The molecular weight excluding hydrogens is 254 g/mol. The Bertz CT molecular complexity index is 418. The molecule has 1 fully saturated rings. The van der Waals surface area contributed by atoms with E-state index >= 15 is 0 Å². The molecule has 0 amide bonds. The van der Waals surface area contributed by atoms with Gasteiger partial charge in [-0.25, -0.2) is 0 Å². The molecule has 1 aromatic rings. The monoisotopic (exact) mass is 271 g/mol. The van der Waals surface area contributed by atoms with Crippen molar-refractivity contribution in [1.82, 2.24) is 4.90 Å². The number of carbonyl (C=O) groups is 1. The third-order valence-electron chi connectivity index (χ3n) is 2.92. The predicted octanol–water partition coefficient (Wildman–Crippen LogP) is 1.56. The van der Waals surface area contributed by atoms with Crippen LogP contribution >= 0.6 is 11.3 Å². The van der Waals surface area contributed by atoms with E-state index in [1.54, 1.807) is 11.3 Å². The number of carbonyl (C=O) groups excluding carboxylic acids is 1. The number of nitrogens with zero attached hydrogens (tertiary/aromatic N) is 1. The standard InChI is InChI=1S/C12H17NO2S2/c1-2-10-3-4-12(16-10)11(14)9-13-5-7-17(15)8-6-13/h3-4H,2,5-9H2,1H3. The van der Waals surface area contributed by atoms with Gasteiger partial charge in [-0.05, 0) is 18.6 Å². The summed E-state index contributed by atoms with van der Waals surface area (Å²) in [5.41, 5.74) is 0. The van der Waals surface area contributed by atoms with Crippen molar-refractivity contribution in [1.29, 1.82) is 0 Å². The number of aryl methyl sites for hydroxylation is 1. The number of rotatable bonds is 4. The second kappa shape index (κ2) is 5.89. The largest absolute Gasteiger partial charge is 0.294 e. The fourth-order valence-electron chi connectivity index (χ4n) is 1.83. The van der Waals surface area contributed by atoms with E-state index in [9.17, 15) is 9.00 Å². The van der Waals surface area contributed by atoms with Crippen LogP contribution in [0.4, 0.5) is 0 Å². The molecule has 0 aromatic carbocycles. The zero-order valence-corrected chi connectivity index (χ0v) is 11.6. The number of ketones is 1. The normalized spacial score (nSPS) is 18.4. The Morgan fingerprint density at radius 2 is 2.12 bits per heavy atom. The molecule has 2 rings (SSSR count).